The first kappa shape index (κ1) is 18.6. The van der Waals surface area contributed by atoms with Crippen molar-refractivity contribution in [2.75, 3.05) is 11.9 Å². The average molecular weight is 363 g/mol. The van der Waals surface area contributed by atoms with Crippen LogP contribution < -0.4 is 10.6 Å². The van der Waals surface area contributed by atoms with Gasteiger partial charge in [-0.3, -0.25) is 9.78 Å². The molecule has 0 unspecified atom stereocenters. The third-order valence-electron chi connectivity index (χ3n) is 4.21. The lowest BCUT2D eigenvalue weighted by Crippen LogP contribution is -2.23. The second-order valence-electron chi connectivity index (χ2n) is 6.25. The number of rotatable bonds is 8. The molecule has 3 aromatic rings. The zero-order valence-electron chi connectivity index (χ0n) is 15.0. The highest BCUT2D eigenvalue weighted by Gasteiger charge is 2.08. The maximum atomic E-state index is 13.6. The summed E-state index contributed by atoms with van der Waals surface area (Å²) in [5, 5.41) is 6.02. The number of carbonyl (C=O) groups is 1. The Kier molecular flexibility index (Phi) is 6.52. The van der Waals surface area contributed by atoms with Gasteiger partial charge in [-0.2, -0.15) is 0 Å². The quantitative estimate of drug-likeness (QED) is 0.590. The molecule has 0 fully saturated rings. The second kappa shape index (κ2) is 9.48. The van der Waals surface area contributed by atoms with E-state index in [9.17, 15) is 9.18 Å². The molecule has 0 bridgehead atoms. The van der Waals surface area contributed by atoms with Crippen LogP contribution in [0.5, 0.6) is 0 Å². The molecule has 0 aliphatic heterocycles. The second-order valence-corrected chi connectivity index (χ2v) is 6.25. The Balaban J connectivity index is 1.49. The van der Waals surface area contributed by atoms with E-state index in [1.165, 1.54) is 17.8 Å². The summed E-state index contributed by atoms with van der Waals surface area (Å²) in [5.74, 6) is -0.608. The Morgan fingerprint density at radius 2 is 1.78 bits per heavy atom. The Labute approximate surface area is 158 Å². The van der Waals surface area contributed by atoms with E-state index < -0.39 is 0 Å². The van der Waals surface area contributed by atoms with Gasteiger partial charge in [0.25, 0.3) is 5.91 Å². The molecule has 0 aliphatic carbocycles. The van der Waals surface area contributed by atoms with Crippen molar-refractivity contribution in [1.82, 2.24) is 10.3 Å². The first-order valence-corrected chi connectivity index (χ1v) is 8.97. The van der Waals surface area contributed by atoms with Crippen molar-refractivity contribution in [3.63, 3.8) is 0 Å². The van der Waals surface area contributed by atoms with E-state index in [2.05, 4.69) is 27.8 Å². The highest BCUT2D eigenvalue weighted by molar-refractivity contribution is 5.94. The molecule has 27 heavy (non-hydrogen) atoms. The van der Waals surface area contributed by atoms with Crippen LogP contribution in [0, 0.1) is 5.82 Å². The van der Waals surface area contributed by atoms with Crippen LogP contribution in [0.1, 0.15) is 27.9 Å². The molecule has 2 N–H and O–H groups in total. The maximum absolute atomic E-state index is 13.6. The molecular formula is C22H22FN3O. The van der Waals surface area contributed by atoms with Gasteiger partial charge in [-0.25, -0.2) is 4.39 Å². The molecule has 5 heteroatoms. The number of hydrogen-bond donors (Lipinski definition) is 2. The smallest absolute Gasteiger partial charge is 0.253 e. The van der Waals surface area contributed by atoms with Gasteiger partial charge in [0.1, 0.15) is 5.82 Å². The lowest BCUT2D eigenvalue weighted by atomic mass is 10.1. The van der Waals surface area contributed by atoms with Crippen LogP contribution in [0.25, 0.3) is 0 Å². The van der Waals surface area contributed by atoms with E-state index in [-0.39, 0.29) is 18.3 Å². The fourth-order valence-corrected chi connectivity index (χ4v) is 2.75. The monoisotopic (exact) mass is 363 g/mol. The number of nitrogens with zero attached hydrogens (tertiary/aromatic N) is 1. The van der Waals surface area contributed by atoms with Gasteiger partial charge in [0.05, 0.1) is 11.3 Å². The van der Waals surface area contributed by atoms with Crippen molar-refractivity contribution < 1.29 is 9.18 Å². The Morgan fingerprint density at radius 3 is 2.59 bits per heavy atom. The zero-order chi connectivity index (χ0) is 18.9. The molecule has 0 spiro atoms. The summed E-state index contributed by atoms with van der Waals surface area (Å²) < 4.78 is 13.6. The normalized spacial score (nSPS) is 10.4. The molecule has 1 amide bonds. The molecule has 0 radical (unpaired) electrons. The number of carbonyl (C=O) groups excluding carboxylic acids is 1. The van der Waals surface area contributed by atoms with Gasteiger partial charge in [0.15, 0.2) is 0 Å². The standard InChI is InChI=1S/C22H22FN3O/c23-21-11-5-4-10-18(21)15-26-22(27)19-13-20(16-24-14-19)25-12-6-9-17-7-2-1-3-8-17/h1-5,7-8,10-11,13-14,16,25H,6,9,12,15H2,(H,26,27). The minimum atomic E-state index is -0.329. The summed E-state index contributed by atoms with van der Waals surface area (Å²) in [6.07, 6.45) is 5.17. The van der Waals surface area contributed by atoms with Crippen molar-refractivity contribution in [1.29, 1.82) is 0 Å². The molecular weight excluding hydrogens is 341 g/mol. The number of halogens is 1. The van der Waals surface area contributed by atoms with E-state index >= 15 is 0 Å². The van der Waals surface area contributed by atoms with Crippen LogP contribution in [0.4, 0.5) is 10.1 Å². The molecule has 0 atom stereocenters. The Hall–Kier alpha value is -3.21. The molecule has 1 aromatic heterocycles. The van der Waals surface area contributed by atoms with Crippen LogP contribution in [0.15, 0.2) is 73.1 Å². The van der Waals surface area contributed by atoms with E-state index in [0.717, 1.165) is 25.1 Å². The van der Waals surface area contributed by atoms with Crippen molar-refractivity contribution in [3.05, 3.63) is 95.6 Å². The third kappa shape index (κ3) is 5.64. The lowest BCUT2D eigenvalue weighted by Gasteiger charge is -2.09. The first-order valence-electron chi connectivity index (χ1n) is 8.97. The van der Waals surface area contributed by atoms with Crippen molar-refractivity contribution in [2.45, 2.75) is 19.4 Å². The molecule has 2 aromatic carbocycles. The predicted octanol–water partition coefficient (Wildman–Crippen LogP) is 4.20. The van der Waals surface area contributed by atoms with Crippen LogP contribution in [-0.2, 0) is 13.0 Å². The summed E-state index contributed by atoms with van der Waals surface area (Å²) in [6, 6.07) is 18.5. The number of benzene rings is 2. The Morgan fingerprint density at radius 1 is 1.00 bits per heavy atom. The van der Waals surface area contributed by atoms with Gasteiger partial charge < -0.3 is 10.6 Å². The topological polar surface area (TPSA) is 54.0 Å². The molecule has 0 aliphatic rings. The number of aromatic nitrogens is 1. The lowest BCUT2D eigenvalue weighted by molar-refractivity contribution is 0.0950. The van der Waals surface area contributed by atoms with E-state index in [1.54, 1.807) is 30.5 Å². The summed E-state index contributed by atoms with van der Waals surface area (Å²) >= 11 is 0. The molecule has 1 heterocycles. The number of hydrogen-bond acceptors (Lipinski definition) is 3. The zero-order valence-corrected chi connectivity index (χ0v) is 15.0. The molecule has 4 nitrogen and oxygen atoms in total. The number of aryl methyl sites for hydroxylation is 1. The van der Waals surface area contributed by atoms with Crippen molar-refractivity contribution >= 4 is 11.6 Å². The van der Waals surface area contributed by atoms with Gasteiger partial charge in [-0.05, 0) is 30.5 Å². The predicted molar refractivity (Wildman–Crippen MR) is 105 cm³/mol. The van der Waals surface area contributed by atoms with Crippen LogP contribution in [-0.4, -0.2) is 17.4 Å². The molecule has 0 saturated carbocycles. The van der Waals surface area contributed by atoms with E-state index in [0.29, 0.717) is 11.1 Å². The molecule has 3 rings (SSSR count). The van der Waals surface area contributed by atoms with Crippen molar-refractivity contribution in [3.8, 4) is 0 Å². The van der Waals surface area contributed by atoms with E-state index in [4.69, 9.17) is 0 Å². The average Bonchev–Trinajstić information content (AvgIpc) is 2.71. The highest BCUT2D eigenvalue weighted by atomic mass is 19.1. The SMILES string of the molecule is O=C(NCc1ccccc1F)c1cncc(NCCCc2ccccc2)c1. The molecule has 138 valence electrons. The van der Waals surface area contributed by atoms with Gasteiger partial charge in [-0.15, -0.1) is 0 Å². The first-order chi connectivity index (χ1) is 13.2. The number of nitrogens with one attached hydrogen (secondary N) is 2. The summed E-state index contributed by atoms with van der Waals surface area (Å²) in [4.78, 5) is 16.4. The summed E-state index contributed by atoms with van der Waals surface area (Å²) in [6.45, 7) is 0.928. The van der Waals surface area contributed by atoms with Crippen molar-refractivity contribution in [2.24, 2.45) is 0 Å². The van der Waals surface area contributed by atoms with Crippen LogP contribution in [0.2, 0.25) is 0 Å². The third-order valence-corrected chi connectivity index (χ3v) is 4.21. The van der Waals surface area contributed by atoms with Crippen LogP contribution in [0.3, 0.4) is 0 Å². The summed E-state index contributed by atoms with van der Waals surface area (Å²) in [7, 11) is 0. The highest BCUT2D eigenvalue weighted by Crippen LogP contribution is 2.11. The van der Waals surface area contributed by atoms with E-state index in [1.807, 2.05) is 18.2 Å². The minimum absolute atomic E-state index is 0.139. The van der Waals surface area contributed by atoms with Gasteiger partial charge in [0, 0.05) is 31.0 Å². The number of pyridine rings is 1. The fraction of sp³-hybridized carbons (Fsp3) is 0.182. The Bertz CT molecular complexity index is 883. The minimum Gasteiger partial charge on any atom is -0.384 e. The largest absolute Gasteiger partial charge is 0.384 e. The summed E-state index contributed by atoms with van der Waals surface area (Å²) in [5.41, 5.74) is 2.99. The molecule has 0 saturated heterocycles. The maximum Gasteiger partial charge on any atom is 0.253 e. The van der Waals surface area contributed by atoms with Crippen LogP contribution >= 0.6 is 0 Å². The number of anilines is 1. The van der Waals surface area contributed by atoms with Gasteiger partial charge >= 0.3 is 0 Å². The van der Waals surface area contributed by atoms with Gasteiger partial charge in [0.2, 0.25) is 0 Å². The fourth-order valence-electron chi connectivity index (χ4n) is 2.75. The van der Waals surface area contributed by atoms with Gasteiger partial charge in [-0.1, -0.05) is 48.5 Å². The number of amides is 1.